The molecule has 0 heterocycles. The van der Waals surface area contributed by atoms with E-state index in [-0.39, 0.29) is 0 Å². The third kappa shape index (κ3) is 4.50. The topological polar surface area (TPSA) is 78.9 Å². The molecule has 0 aromatic rings. The molecule has 3 N–H and O–H groups in total. The number of amides is 2. The summed E-state index contributed by atoms with van der Waals surface area (Å²) >= 11 is 0. The number of hydrogen-bond acceptors (Lipinski definition) is 2. The van der Waals surface area contributed by atoms with E-state index in [0.717, 1.165) is 6.08 Å². The summed E-state index contributed by atoms with van der Waals surface area (Å²) < 4.78 is 0. The molecular weight excluding hydrogens is 106 g/mol. The molecule has 2 amide bonds. The minimum absolute atomic E-state index is 0.670. The Morgan fingerprint density at radius 1 is 1.88 bits per heavy atom. The van der Waals surface area contributed by atoms with Crippen molar-refractivity contribution in [3.05, 3.63) is 12.3 Å². The number of urea groups is 1. The number of carbonyl (C=O) groups is 1. The van der Waals surface area contributed by atoms with E-state index in [1.54, 1.807) is 6.07 Å². The zero-order chi connectivity index (χ0) is 6.41. The van der Waals surface area contributed by atoms with E-state index in [4.69, 9.17) is 5.26 Å². The fraction of sp³-hybridized carbons (Fsp3) is 0. The van der Waals surface area contributed by atoms with Gasteiger partial charge >= 0.3 is 6.03 Å². The second-order valence-corrected chi connectivity index (χ2v) is 0.971. The first kappa shape index (κ1) is 6.50. The van der Waals surface area contributed by atoms with Gasteiger partial charge in [-0.05, 0) is 0 Å². The lowest BCUT2D eigenvalue weighted by molar-refractivity contribution is 0.252. The lowest BCUT2D eigenvalue weighted by Crippen LogP contribution is -2.23. The Kier molecular flexibility index (Phi) is 2.99. The summed E-state index contributed by atoms with van der Waals surface area (Å²) in [4.78, 5) is 9.82. The van der Waals surface area contributed by atoms with E-state index >= 15 is 0 Å². The van der Waals surface area contributed by atoms with Crippen LogP contribution < -0.4 is 11.1 Å². The lowest BCUT2D eigenvalue weighted by atomic mass is 10.7. The predicted molar refractivity (Wildman–Crippen MR) is 27.5 cm³/mol. The highest BCUT2D eigenvalue weighted by Crippen LogP contribution is 1.60. The summed E-state index contributed by atoms with van der Waals surface area (Å²) in [5.74, 6) is 0. The van der Waals surface area contributed by atoms with Crippen molar-refractivity contribution in [1.82, 2.24) is 5.32 Å². The van der Waals surface area contributed by atoms with Gasteiger partial charge < -0.3 is 11.1 Å². The second-order valence-electron chi connectivity index (χ2n) is 0.971. The number of primary amides is 1. The van der Waals surface area contributed by atoms with Crippen LogP contribution in [0.2, 0.25) is 0 Å². The van der Waals surface area contributed by atoms with Crippen LogP contribution in [0.4, 0.5) is 4.79 Å². The van der Waals surface area contributed by atoms with Crippen LogP contribution in [-0.4, -0.2) is 6.03 Å². The van der Waals surface area contributed by atoms with Crippen LogP contribution >= 0.6 is 0 Å². The molecule has 0 spiro atoms. The van der Waals surface area contributed by atoms with Gasteiger partial charge in [-0.1, -0.05) is 0 Å². The molecule has 42 valence electrons. The monoisotopic (exact) mass is 111 g/mol. The van der Waals surface area contributed by atoms with Crippen molar-refractivity contribution in [1.29, 1.82) is 5.26 Å². The van der Waals surface area contributed by atoms with E-state index in [9.17, 15) is 4.79 Å². The van der Waals surface area contributed by atoms with E-state index in [0.29, 0.717) is 0 Å². The third-order valence-corrected chi connectivity index (χ3v) is 0.383. The van der Waals surface area contributed by atoms with Gasteiger partial charge in [0.25, 0.3) is 0 Å². The predicted octanol–water partition coefficient (Wildman–Crippen LogP) is -0.308. The van der Waals surface area contributed by atoms with Crippen LogP contribution in [0.5, 0.6) is 0 Å². The number of nitriles is 1. The Hall–Kier alpha value is -1.50. The van der Waals surface area contributed by atoms with Crippen molar-refractivity contribution >= 4 is 6.03 Å². The standard InChI is InChI=1S/C4H5N3O/c5-2-1-3-7-4(6)8/h1,3H,(H3,6,7,8)/b3-1-. The Balaban J connectivity index is 3.34. The van der Waals surface area contributed by atoms with Crippen molar-refractivity contribution in [2.75, 3.05) is 0 Å². The van der Waals surface area contributed by atoms with Gasteiger partial charge in [0, 0.05) is 12.3 Å². The number of hydrogen-bond donors (Lipinski definition) is 2. The highest BCUT2D eigenvalue weighted by atomic mass is 16.2. The second kappa shape index (κ2) is 3.68. The number of carbonyl (C=O) groups excluding carboxylic acids is 1. The maximum Gasteiger partial charge on any atom is 0.316 e. The quantitative estimate of drug-likeness (QED) is 0.455. The van der Waals surface area contributed by atoms with Gasteiger partial charge in [-0.25, -0.2) is 4.79 Å². The molecule has 0 atom stereocenters. The Morgan fingerprint density at radius 3 is 2.88 bits per heavy atom. The summed E-state index contributed by atoms with van der Waals surface area (Å²) in [6, 6.07) is 1.00. The minimum atomic E-state index is -0.670. The van der Waals surface area contributed by atoms with Gasteiger partial charge in [-0.3, -0.25) is 0 Å². The average Bonchev–Trinajstić information content (AvgIpc) is 1.66. The average molecular weight is 111 g/mol. The number of rotatable bonds is 1. The third-order valence-electron chi connectivity index (χ3n) is 0.383. The van der Waals surface area contributed by atoms with Crippen LogP contribution in [0, 0.1) is 11.3 Å². The maximum absolute atomic E-state index is 9.82. The Bertz CT molecular complexity index is 144. The maximum atomic E-state index is 9.82. The first-order chi connectivity index (χ1) is 3.77. The van der Waals surface area contributed by atoms with E-state index in [1.807, 2.05) is 0 Å². The summed E-state index contributed by atoms with van der Waals surface area (Å²) in [6.07, 6.45) is 2.28. The normalized spacial score (nSPS) is 8.38. The summed E-state index contributed by atoms with van der Waals surface area (Å²) in [7, 11) is 0. The molecule has 4 heteroatoms. The van der Waals surface area contributed by atoms with Gasteiger partial charge in [0.1, 0.15) is 0 Å². The van der Waals surface area contributed by atoms with Gasteiger partial charge in [0.15, 0.2) is 0 Å². The number of nitrogens with zero attached hydrogens (tertiary/aromatic N) is 1. The molecule has 0 aliphatic rings. The minimum Gasteiger partial charge on any atom is -0.351 e. The van der Waals surface area contributed by atoms with Gasteiger partial charge in [0.2, 0.25) is 0 Å². The lowest BCUT2D eigenvalue weighted by Gasteiger charge is -1.84. The van der Waals surface area contributed by atoms with E-state index in [1.165, 1.54) is 6.20 Å². The largest absolute Gasteiger partial charge is 0.351 e. The molecule has 0 aliphatic heterocycles. The molecule has 0 fully saturated rings. The van der Waals surface area contributed by atoms with Crippen molar-refractivity contribution in [3.8, 4) is 6.07 Å². The van der Waals surface area contributed by atoms with Gasteiger partial charge in [0.05, 0.1) is 6.07 Å². The molecule has 0 radical (unpaired) electrons. The fourth-order valence-corrected chi connectivity index (χ4v) is 0.161. The first-order valence-corrected chi connectivity index (χ1v) is 1.88. The molecule has 0 saturated carbocycles. The van der Waals surface area contributed by atoms with Crippen molar-refractivity contribution in [3.63, 3.8) is 0 Å². The van der Waals surface area contributed by atoms with Gasteiger partial charge in [-0.15, -0.1) is 0 Å². The van der Waals surface area contributed by atoms with Crippen LogP contribution in [0.15, 0.2) is 12.3 Å². The molecule has 8 heavy (non-hydrogen) atoms. The molecule has 0 unspecified atom stereocenters. The van der Waals surface area contributed by atoms with E-state index < -0.39 is 6.03 Å². The van der Waals surface area contributed by atoms with Crippen molar-refractivity contribution < 1.29 is 4.79 Å². The summed E-state index contributed by atoms with van der Waals surface area (Å²) in [5.41, 5.74) is 4.62. The highest BCUT2D eigenvalue weighted by molar-refractivity contribution is 5.72. The molecule has 0 bridgehead atoms. The molecule has 0 aromatic carbocycles. The van der Waals surface area contributed by atoms with Crippen LogP contribution in [0.25, 0.3) is 0 Å². The zero-order valence-corrected chi connectivity index (χ0v) is 4.09. The van der Waals surface area contributed by atoms with Crippen molar-refractivity contribution in [2.45, 2.75) is 0 Å². The van der Waals surface area contributed by atoms with Crippen molar-refractivity contribution in [2.24, 2.45) is 5.73 Å². The molecule has 0 aliphatic carbocycles. The summed E-state index contributed by atoms with van der Waals surface area (Å²) in [5, 5.41) is 9.93. The van der Waals surface area contributed by atoms with Gasteiger partial charge in [-0.2, -0.15) is 5.26 Å². The highest BCUT2D eigenvalue weighted by Gasteiger charge is 1.78. The molecule has 0 aromatic heterocycles. The molecule has 0 saturated heterocycles. The fourth-order valence-electron chi connectivity index (χ4n) is 0.161. The SMILES string of the molecule is N#C/C=C\NC(N)=O. The Labute approximate surface area is 46.6 Å². The Morgan fingerprint density at radius 2 is 2.50 bits per heavy atom. The summed E-state index contributed by atoms with van der Waals surface area (Å²) in [6.45, 7) is 0. The first-order valence-electron chi connectivity index (χ1n) is 1.88. The van der Waals surface area contributed by atoms with Crippen LogP contribution in [-0.2, 0) is 0 Å². The molecule has 0 rings (SSSR count). The van der Waals surface area contributed by atoms with Crippen LogP contribution in [0.3, 0.4) is 0 Å². The number of nitrogens with one attached hydrogen (secondary N) is 1. The van der Waals surface area contributed by atoms with Crippen LogP contribution in [0.1, 0.15) is 0 Å². The zero-order valence-electron chi connectivity index (χ0n) is 4.09. The number of allylic oxidation sites excluding steroid dienone is 1. The molecule has 4 nitrogen and oxygen atoms in total. The molecular formula is C4H5N3O. The smallest absolute Gasteiger partial charge is 0.316 e. The van der Waals surface area contributed by atoms with E-state index in [2.05, 4.69) is 11.1 Å². The number of nitrogens with two attached hydrogens (primary N) is 1.